The molecule has 1 saturated heterocycles. The highest BCUT2D eigenvalue weighted by Crippen LogP contribution is 2.24. The first-order valence-corrected chi connectivity index (χ1v) is 5.80. The Morgan fingerprint density at radius 3 is 1.65 bits per heavy atom. The van der Waals surface area contributed by atoms with Gasteiger partial charge in [0, 0.05) is 0 Å². The second-order valence-corrected chi connectivity index (χ2v) is 4.71. The molecular formula is C12H24O8. The number of rotatable bonds is 1. The van der Waals surface area contributed by atoms with Gasteiger partial charge < -0.3 is 40.5 Å². The van der Waals surface area contributed by atoms with Crippen molar-refractivity contribution < 1.29 is 40.5 Å². The van der Waals surface area contributed by atoms with Crippen molar-refractivity contribution in [3.63, 3.8) is 0 Å². The van der Waals surface area contributed by atoms with Crippen LogP contribution in [0.1, 0.15) is 27.7 Å². The predicted octanol–water partition coefficient (Wildman–Crippen LogP) is -1.59. The lowest BCUT2D eigenvalue weighted by Crippen LogP contribution is -2.58. The highest BCUT2D eigenvalue weighted by molar-refractivity contribution is 5.72. The first-order valence-electron chi connectivity index (χ1n) is 5.80. The van der Waals surface area contributed by atoms with Gasteiger partial charge in [-0.1, -0.05) is 0 Å². The summed E-state index contributed by atoms with van der Waals surface area (Å²) in [6.45, 7) is 6.24. The van der Waals surface area contributed by atoms with Crippen LogP contribution in [0.5, 0.6) is 0 Å². The number of ketones is 1. The summed E-state index contributed by atoms with van der Waals surface area (Å²) in [4.78, 5) is 9.44. The Kier molecular flexibility index (Phi) is 9.58. The van der Waals surface area contributed by atoms with Crippen LogP contribution in [0, 0.1) is 0 Å². The van der Waals surface area contributed by atoms with Crippen molar-refractivity contribution in [1.29, 1.82) is 0 Å². The van der Waals surface area contributed by atoms with Gasteiger partial charge in [-0.15, -0.1) is 0 Å². The van der Waals surface area contributed by atoms with E-state index >= 15 is 0 Å². The molecule has 0 amide bonds. The summed E-state index contributed by atoms with van der Waals surface area (Å²) in [5.74, 6) is -0.0903. The topological polar surface area (TPSA) is 159 Å². The minimum absolute atomic E-state index is 0. The van der Waals surface area contributed by atoms with Crippen LogP contribution in [0.2, 0.25) is 0 Å². The molecule has 0 saturated carbocycles. The molecule has 8 heteroatoms. The third-order valence-corrected chi connectivity index (χ3v) is 2.37. The molecule has 0 spiro atoms. The molecule has 0 aliphatic carbocycles. The van der Waals surface area contributed by atoms with Crippen molar-refractivity contribution in [1.82, 2.24) is 0 Å². The zero-order valence-electron chi connectivity index (χ0n) is 11.9. The molecule has 0 aromatic heterocycles. The molecule has 0 aromatic carbocycles. The largest absolute Gasteiger partial charge is 0.510 e. The minimum atomic E-state index is -1.63. The Hall–Kier alpha value is -1.03. The van der Waals surface area contributed by atoms with E-state index in [1.165, 1.54) is 13.8 Å². The Balaban J connectivity index is 0. The van der Waals surface area contributed by atoms with Crippen LogP contribution in [-0.4, -0.2) is 67.5 Å². The third-order valence-electron chi connectivity index (χ3n) is 2.37. The van der Waals surface area contributed by atoms with E-state index in [4.69, 9.17) is 4.74 Å². The number of aliphatic hydroxyl groups is 5. The van der Waals surface area contributed by atoms with Gasteiger partial charge in [-0.05, 0) is 33.3 Å². The van der Waals surface area contributed by atoms with E-state index in [2.05, 4.69) is 0 Å². The molecule has 7 N–H and O–H groups in total. The zero-order valence-corrected chi connectivity index (χ0v) is 11.9. The van der Waals surface area contributed by atoms with E-state index in [1.807, 2.05) is 0 Å². The maximum absolute atomic E-state index is 9.53. The molecule has 1 heterocycles. The molecule has 0 bridgehead atoms. The number of carbonyl (C=O) groups excluding carboxylic acids is 1. The Morgan fingerprint density at radius 1 is 0.900 bits per heavy atom. The molecule has 1 rings (SSSR count). The first kappa shape index (κ1) is 21.3. The van der Waals surface area contributed by atoms with Gasteiger partial charge in [0.2, 0.25) is 0 Å². The number of carbonyl (C=O) groups is 1. The Labute approximate surface area is 117 Å². The summed E-state index contributed by atoms with van der Waals surface area (Å²) in [6, 6.07) is 0. The molecule has 0 radical (unpaired) electrons. The van der Waals surface area contributed by atoms with Crippen molar-refractivity contribution in [2.75, 3.05) is 0 Å². The summed E-state index contributed by atoms with van der Waals surface area (Å²) >= 11 is 0. The Bertz CT molecular complexity index is 332. The molecule has 0 aromatic rings. The standard InChI is InChI=1S/C9H16O6.C3H6O.H2O/c1-3(2)4(10)8-6(12)5(11)7(13)9(14)15-8;1-3(2)4;/h5-14H,1-2H3;1-2H3;1H2/t5-,6-,7+,8+,9-;;/m0../s1. The van der Waals surface area contributed by atoms with Crippen LogP contribution in [0.15, 0.2) is 11.3 Å². The van der Waals surface area contributed by atoms with Gasteiger partial charge in [0.15, 0.2) is 6.29 Å². The molecule has 1 aliphatic heterocycles. The van der Waals surface area contributed by atoms with Gasteiger partial charge in [0.05, 0.1) is 0 Å². The summed E-state index contributed by atoms with van der Waals surface area (Å²) < 4.78 is 4.79. The van der Waals surface area contributed by atoms with Crippen molar-refractivity contribution >= 4 is 5.78 Å². The van der Waals surface area contributed by atoms with Crippen molar-refractivity contribution in [3.05, 3.63) is 11.3 Å². The fraction of sp³-hybridized carbons (Fsp3) is 0.750. The van der Waals surface area contributed by atoms with Crippen LogP contribution in [0.25, 0.3) is 0 Å². The summed E-state index contributed by atoms with van der Waals surface area (Å²) in [6.07, 6.45) is -7.46. The highest BCUT2D eigenvalue weighted by Gasteiger charge is 2.44. The number of hydrogen-bond acceptors (Lipinski definition) is 7. The molecular weight excluding hydrogens is 272 g/mol. The van der Waals surface area contributed by atoms with Gasteiger partial charge in [-0.2, -0.15) is 0 Å². The summed E-state index contributed by atoms with van der Waals surface area (Å²) in [7, 11) is 0. The molecule has 1 aliphatic rings. The van der Waals surface area contributed by atoms with Crippen molar-refractivity contribution in [2.45, 2.75) is 58.4 Å². The van der Waals surface area contributed by atoms with Crippen molar-refractivity contribution in [3.8, 4) is 0 Å². The van der Waals surface area contributed by atoms with Gasteiger partial charge in [-0.3, -0.25) is 0 Å². The average molecular weight is 296 g/mol. The maximum atomic E-state index is 9.53. The van der Waals surface area contributed by atoms with Crippen molar-refractivity contribution in [2.24, 2.45) is 0 Å². The minimum Gasteiger partial charge on any atom is -0.510 e. The van der Waals surface area contributed by atoms with Crippen LogP contribution < -0.4 is 0 Å². The first-order chi connectivity index (χ1) is 8.59. The van der Waals surface area contributed by atoms with E-state index in [0.717, 1.165) is 0 Å². The van der Waals surface area contributed by atoms with Crippen LogP contribution >= 0.6 is 0 Å². The van der Waals surface area contributed by atoms with Gasteiger partial charge in [0.25, 0.3) is 0 Å². The number of hydrogen-bond donors (Lipinski definition) is 5. The molecule has 5 atom stereocenters. The fourth-order valence-electron chi connectivity index (χ4n) is 1.37. The summed E-state index contributed by atoms with van der Waals surface area (Å²) in [5, 5.41) is 46.7. The molecule has 0 unspecified atom stereocenters. The third kappa shape index (κ3) is 5.95. The smallest absolute Gasteiger partial charge is 0.184 e. The lowest BCUT2D eigenvalue weighted by Gasteiger charge is -2.38. The maximum Gasteiger partial charge on any atom is 0.184 e. The number of ether oxygens (including phenoxy) is 1. The van der Waals surface area contributed by atoms with Crippen LogP contribution in [0.4, 0.5) is 0 Å². The molecule has 120 valence electrons. The van der Waals surface area contributed by atoms with Gasteiger partial charge in [-0.25, -0.2) is 0 Å². The molecule has 1 fully saturated rings. The van der Waals surface area contributed by atoms with E-state index < -0.39 is 30.7 Å². The van der Waals surface area contributed by atoms with E-state index in [9.17, 15) is 30.3 Å². The van der Waals surface area contributed by atoms with E-state index in [-0.39, 0.29) is 17.0 Å². The second kappa shape index (κ2) is 9.01. The average Bonchev–Trinajstić information content (AvgIpc) is 2.29. The quantitative estimate of drug-likeness (QED) is 0.365. The number of Topliss-reactive ketones (excluding diaryl/α,β-unsaturated/α-hetero) is 1. The summed E-state index contributed by atoms with van der Waals surface area (Å²) in [5.41, 5.74) is 0.495. The SMILES string of the molecule is CC(C)=C(O)[C@H]1O[C@H](O)[C@H](O)[C@@H](O)[C@@H]1O.CC(C)=O.O. The molecule has 8 nitrogen and oxygen atoms in total. The zero-order chi connectivity index (χ0) is 15.3. The lowest BCUT2D eigenvalue weighted by molar-refractivity contribution is -0.278. The van der Waals surface area contributed by atoms with Crippen LogP contribution in [0.3, 0.4) is 0 Å². The predicted molar refractivity (Wildman–Crippen MR) is 69.9 cm³/mol. The number of allylic oxidation sites excluding steroid dienone is 1. The van der Waals surface area contributed by atoms with Gasteiger partial charge in [0.1, 0.15) is 36.0 Å². The normalized spacial score (nSPS) is 32.3. The Morgan fingerprint density at radius 2 is 1.30 bits per heavy atom. The monoisotopic (exact) mass is 296 g/mol. The lowest BCUT2D eigenvalue weighted by atomic mass is 9.96. The second-order valence-electron chi connectivity index (χ2n) is 4.71. The van der Waals surface area contributed by atoms with Gasteiger partial charge >= 0.3 is 0 Å². The molecule has 20 heavy (non-hydrogen) atoms. The highest BCUT2D eigenvalue weighted by atomic mass is 16.6. The fourth-order valence-corrected chi connectivity index (χ4v) is 1.37. The number of aliphatic hydroxyl groups excluding tert-OH is 5. The van der Waals surface area contributed by atoms with Crippen LogP contribution in [-0.2, 0) is 9.53 Å². The van der Waals surface area contributed by atoms with E-state index in [0.29, 0.717) is 5.57 Å². The van der Waals surface area contributed by atoms with E-state index in [1.54, 1.807) is 13.8 Å².